The summed E-state index contributed by atoms with van der Waals surface area (Å²) in [4.78, 5) is 32.4. The van der Waals surface area contributed by atoms with E-state index in [1.54, 1.807) is 35.2 Å². The van der Waals surface area contributed by atoms with Crippen LogP contribution < -0.4 is 20.5 Å². The minimum absolute atomic E-state index is 0.0440. The number of carbonyl (C=O) groups is 2. The Bertz CT molecular complexity index is 2090. The number of amides is 2. The number of nitrogens with one attached hydrogen (secondary N) is 2. The number of nitrogens with two attached hydrogens (primary N) is 1. The van der Waals surface area contributed by atoms with Gasteiger partial charge >= 0.3 is 0 Å². The first-order valence-electron chi connectivity index (χ1n) is 17.0. The number of hydrogen-bond donors (Lipinski definition) is 3. The lowest BCUT2D eigenvalue weighted by Crippen LogP contribution is -2.48. The minimum atomic E-state index is -4.17. The molecule has 52 heavy (non-hydrogen) atoms. The van der Waals surface area contributed by atoms with Gasteiger partial charge in [0, 0.05) is 53.4 Å². The second kappa shape index (κ2) is 16.1. The number of sulfonamides is 1. The average Bonchev–Trinajstić information content (AvgIpc) is 3.65. The molecule has 12 nitrogen and oxygen atoms in total. The van der Waals surface area contributed by atoms with E-state index in [2.05, 4.69) is 10.3 Å². The van der Waals surface area contributed by atoms with Crippen molar-refractivity contribution in [1.29, 1.82) is 5.41 Å². The van der Waals surface area contributed by atoms with Crippen molar-refractivity contribution in [2.75, 3.05) is 32.8 Å². The van der Waals surface area contributed by atoms with Crippen molar-refractivity contribution >= 4 is 61.8 Å². The predicted octanol–water partition coefficient (Wildman–Crippen LogP) is 5.30. The first-order valence-corrected chi connectivity index (χ1v) is 19.2. The number of hydrogen-bond acceptors (Lipinski definition) is 8. The van der Waals surface area contributed by atoms with Gasteiger partial charge in [-0.2, -0.15) is 4.31 Å². The van der Waals surface area contributed by atoms with Crippen molar-refractivity contribution in [3.63, 3.8) is 0 Å². The molecule has 2 aliphatic heterocycles. The van der Waals surface area contributed by atoms with Crippen LogP contribution in [0.15, 0.2) is 71.6 Å². The smallest absolute Gasteiger partial charge is 0.260 e. The van der Waals surface area contributed by atoms with E-state index in [4.69, 9.17) is 43.8 Å². The second-order valence-corrected chi connectivity index (χ2v) is 15.6. The van der Waals surface area contributed by atoms with Crippen LogP contribution in [0.2, 0.25) is 10.0 Å². The summed E-state index contributed by atoms with van der Waals surface area (Å²) in [7, 11) is -4.17. The third-order valence-corrected chi connectivity index (χ3v) is 12.3. The molecule has 4 aromatic rings. The number of amidine groups is 1. The maximum Gasteiger partial charge on any atom is 0.260 e. The van der Waals surface area contributed by atoms with Gasteiger partial charge in [0.15, 0.2) is 6.61 Å². The molecule has 2 saturated heterocycles. The summed E-state index contributed by atoms with van der Waals surface area (Å²) in [5.74, 6) is 0.609. The summed E-state index contributed by atoms with van der Waals surface area (Å²) in [6.07, 6.45) is 2.27. The highest BCUT2D eigenvalue weighted by atomic mass is 35.5. The van der Waals surface area contributed by atoms with Crippen molar-refractivity contribution in [2.24, 2.45) is 11.7 Å². The van der Waals surface area contributed by atoms with Crippen molar-refractivity contribution in [2.45, 2.75) is 50.2 Å². The minimum Gasteiger partial charge on any atom is -0.487 e. The molecule has 1 aromatic heterocycles. The van der Waals surface area contributed by atoms with Crippen LogP contribution in [0.5, 0.6) is 11.5 Å². The number of pyridine rings is 1. The fourth-order valence-corrected chi connectivity index (χ4v) is 9.04. The highest BCUT2D eigenvalue weighted by molar-refractivity contribution is 7.89. The molecule has 0 spiro atoms. The van der Waals surface area contributed by atoms with Crippen molar-refractivity contribution in [3.8, 4) is 11.5 Å². The molecule has 0 saturated carbocycles. The molecule has 3 aromatic carbocycles. The Hall–Kier alpha value is -4.43. The number of aryl methyl sites for hydroxylation is 1. The number of piperidine rings is 1. The molecule has 274 valence electrons. The molecule has 0 aliphatic carbocycles. The maximum absolute atomic E-state index is 14.0. The second-order valence-electron chi connectivity index (χ2n) is 13.0. The number of halogens is 2. The number of aromatic nitrogens is 1. The van der Waals surface area contributed by atoms with Gasteiger partial charge in [-0.05, 0) is 87.1 Å². The van der Waals surface area contributed by atoms with E-state index in [1.165, 1.54) is 16.4 Å². The Balaban J connectivity index is 1.03. The lowest BCUT2D eigenvalue weighted by atomic mass is 9.96. The molecule has 15 heteroatoms. The number of para-hydroxylation sites is 1. The maximum atomic E-state index is 14.0. The van der Waals surface area contributed by atoms with Gasteiger partial charge < -0.3 is 25.4 Å². The molecular weight excluding hydrogens is 727 g/mol. The highest BCUT2D eigenvalue weighted by Crippen LogP contribution is 2.36. The van der Waals surface area contributed by atoms with Crippen LogP contribution in [-0.4, -0.2) is 79.1 Å². The zero-order chi connectivity index (χ0) is 37.0. The Kier molecular flexibility index (Phi) is 11.5. The van der Waals surface area contributed by atoms with E-state index < -0.39 is 16.1 Å². The van der Waals surface area contributed by atoms with Gasteiger partial charge in [0.25, 0.3) is 5.91 Å². The highest BCUT2D eigenvalue weighted by Gasteiger charge is 2.41. The molecular formula is C37H40Cl2N6O6S. The third-order valence-electron chi connectivity index (χ3n) is 9.50. The van der Waals surface area contributed by atoms with Crippen molar-refractivity contribution in [3.05, 3.63) is 93.6 Å². The zero-order valence-electron chi connectivity index (χ0n) is 28.6. The number of nitrogen functional groups attached to an aromatic ring is 1. The molecule has 3 heterocycles. The summed E-state index contributed by atoms with van der Waals surface area (Å²) in [5.41, 5.74) is 7.86. The number of rotatable bonds is 12. The molecule has 2 fully saturated rings. The molecule has 0 bridgehead atoms. The summed E-state index contributed by atoms with van der Waals surface area (Å²) < 4.78 is 41.0. The van der Waals surface area contributed by atoms with Gasteiger partial charge in [0.1, 0.15) is 40.4 Å². The topological polar surface area (TPSA) is 168 Å². The first kappa shape index (κ1) is 37.3. The van der Waals surface area contributed by atoms with Crippen molar-refractivity contribution in [1.82, 2.24) is 19.5 Å². The number of carbonyl (C=O) groups excluding carboxylic acids is 2. The monoisotopic (exact) mass is 766 g/mol. The lowest BCUT2D eigenvalue weighted by molar-refractivity contribution is -0.135. The van der Waals surface area contributed by atoms with E-state index >= 15 is 0 Å². The van der Waals surface area contributed by atoms with Gasteiger partial charge in [-0.15, -0.1) is 0 Å². The van der Waals surface area contributed by atoms with Crippen LogP contribution >= 0.6 is 23.2 Å². The van der Waals surface area contributed by atoms with E-state index in [0.717, 1.165) is 11.1 Å². The molecule has 2 aliphatic rings. The normalized spacial score (nSPS) is 16.9. The Labute approximate surface area is 312 Å². The van der Waals surface area contributed by atoms with Crippen LogP contribution in [0.4, 0.5) is 0 Å². The summed E-state index contributed by atoms with van der Waals surface area (Å²) in [5, 5.41) is 11.5. The molecule has 4 N–H and O–H groups in total. The molecule has 6 rings (SSSR count). The van der Waals surface area contributed by atoms with Gasteiger partial charge in [-0.1, -0.05) is 41.4 Å². The van der Waals surface area contributed by atoms with Crippen LogP contribution in [0.1, 0.15) is 42.5 Å². The molecule has 1 atom stereocenters. The molecule has 2 amide bonds. The van der Waals surface area contributed by atoms with E-state index in [-0.39, 0.29) is 58.3 Å². The van der Waals surface area contributed by atoms with E-state index in [0.29, 0.717) is 73.5 Å². The summed E-state index contributed by atoms with van der Waals surface area (Å²) in [6.45, 7) is 3.28. The first-order chi connectivity index (χ1) is 24.9. The van der Waals surface area contributed by atoms with Crippen LogP contribution in [0.25, 0.3) is 10.9 Å². The number of fused-ring (bicyclic) bond motifs is 1. The predicted molar refractivity (Wildman–Crippen MR) is 199 cm³/mol. The largest absolute Gasteiger partial charge is 0.487 e. The van der Waals surface area contributed by atoms with E-state index in [1.807, 2.05) is 31.2 Å². The lowest BCUT2D eigenvalue weighted by Gasteiger charge is -2.32. The van der Waals surface area contributed by atoms with Gasteiger partial charge in [0.2, 0.25) is 15.9 Å². The number of benzene rings is 3. The number of likely N-dealkylation sites (tertiary alicyclic amines) is 1. The fourth-order valence-electron chi connectivity index (χ4n) is 6.52. The van der Waals surface area contributed by atoms with Gasteiger partial charge in [-0.3, -0.25) is 15.0 Å². The van der Waals surface area contributed by atoms with Crippen LogP contribution in [-0.2, 0) is 26.2 Å². The van der Waals surface area contributed by atoms with Gasteiger partial charge in [-0.25, -0.2) is 13.4 Å². The Morgan fingerprint density at radius 2 is 1.73 bits per heavy atom. The third kappa shape index (κ3) is 8.28. The van der Waals surface area contributed by atoms with E-state index in [9.17, 15) is 18.0 Å². The fraction of sp³-hybridized carbons (Fsp3) is 0.351. The SMILES string of the molecule is Cc1ccc2cccc(OCc3c(Cl)ccc(S(=O)(=O)N4CCCC4C(=O)NCC4CCN(C(=O)COc5ccc(C(=N)N)cc5)CC4)c3Cl)c2n1. The Morgan fingerprint density at radius 3 is 2.46 bits per heavy atom. The quantitative estimate of drug-likeness (QED) is 0.129. The standard InChI is InChI=1S/C37H40Cl2N6O6S/c1-23-7-8-25-4-2-6-31(35(25)43-23)51-21-28-29(38)13-14-32(34(28)39)52(48,49)45-17-3-5-30(45)37(47)42-20-24-15-18-44(19-16-24)33(46)22-50-27-11-9-26(10-12-27)36(40)41/h2,4,6-14,24,30H,3,5,15-22H2,1H3,(H3,40,41)(H,42,47). The number of nitrogens with zero attached hydrogens (tertiary/aromatic N) is 3. The zero-order valence-corrected chi connectivity index (χ0v) is 30.9. The molecule has 1 unspecified atom stereocenters. The van der Waals surface area contributed by atoms with Gasteiger partial charge in [0.05, 0.1) is 5.02 Å². The van der Waals surface area contributed by atoms with Crippen LogP contribution in [0, 0.1) is 18.3 Å². The van der Waals surface area contributed by atoms with Crippen molar-refractivity contribution < 1.29 is 27.5 Å². The summed E-state index contributed by atoms with van der Waals surface area (Å²) >= 11 is 13.3. The van der Waals surface area contributed by atoms with Crippen LogP contribution in [0.3, 0.4) is 0 Å². The summed E-state index contributed by atoms with van der Waals surface area (Å²) in [6, 6.07) is 18.0. The Morgan fingerprint density at radius 1 is 0.981 bits per heavy atom. The number of ether oxygens (including phenoxy) is 2. The average molecular weight is 768 g/mol. The molecule has 0 radical (unpaired) electrons.